The van der Waals surface area contributed by atoms with E-state index < -0.39 is 5.97 Å². The zero-order chi connectivity index (χ0) is 10.0. The van der Waals surface area contributed by atoms with Crippen LogP contribution in [-0.4, -0.2) is 23.8 Å². The van der Waals surface area contributed by atoms with Crippen molar-refractivity contribution in [1.82, 2.24) is 0 Å². The van der Waals surface area contributed by atoms with Crippen molar-refractivity contribution in [1.29, 1.82) is 0 Å². The Morgan fingerprint density at radius 3 is 2.46 bits per heavy atom. The van der Waals surface area contributed by atoms with Gasteiger partial charge in [-0.25, -0.2) is 4.79 Å². The van der Waals surface area contributed by atoms with Gasteiger partial charge in [-0.05, 0) is 25.8 Å². The molecular formula is C10H16O3. The van der Waals surface area contributed by atoms with Gasteiger partial charge >= 0.3 is 5.97 Å². The van der Waals surface area contributed by atoms with Gasteiger partial charge in [-0.3, -0.25) is 0 Å². The van der Waals surface area contributed by atoms with Gasteiger partial charge in [-0.1, -0.05) is 6.92 Å². The molecular weight excluding hydrogens is 168 g/mol. The molecule has 3 heteroatoms. The zero-order valence-electron chi connectivity index (χ0n) is 8.33. The van der Waals surface area contributed by atoms with Crippen LogP contribution in [-0.2, 0) is 9.53 Å². The molecule has 2 unspecified atom stereocenters. The van der Waals surface area contributed by atoms with E-state index in [0.717, 1.165) is 18.6 Å². The summed E-state index contributed by atoms with van der Waals surface area (Å²) in [5.41, 5.74) is 1.29. The third-order valence-corrected chi connectivity index (χ3v) is 2.78. The second-order valence-corrected chi connectivity index (χ2v) is 3.54. The molecule has 1 aliphatic rings. The van der Waals surface area contributed by atoms with Crippen LogP contribution in [0.3, 0.4) is 0 Å². The van der Waals surface area contributed by atoms with E-state index in [1.807, 2.05) is 6.92 Å². The molecule has 1 N–H and O–H groups in total. The summed E-state index contributed by atoms with van der Waals surface area (Å²) in [5, 5.41) is 8.77. The molecule has 0 radical (unpaired) electrons. The molecule has 2 atom stereocenters. The van der Waals surface area contributed by atoms with Crippen molar-refractivity contribution in [3.8, 4) is 0 Å². The van der Waals surface area contributed by atoms with Crippen LogP contribution < -0.4 is 0 Å². The second kappa shape index (κ2) is 3.92. The van der Waals surface area contributed by atoms with E-state index in [1.165, 1.54) is 0 Å². The first-order valence-electron chi connectivity index (χ1n) is 4.60. The van der Waals surface area contributed by atoms with Gasteiger partial charge in [0.1, 0.15) is 0 Å². The monoisotopic (exact) mass is 184 g/mol. The Morgan fingerprint density at radius 1 is 1.54 bits per heavy atom. The standard InChI is InChI=1S/C10H16O3/c1-4-8-5-13-9(8)6(2)7(3)10(11)12/h8-9H,4-5H2,1-3H3,(H,11,12). The number of hydrogen-bond acceptors (Lipinski definition) is 2. The third kappa shape index (κ3) is 1.91. The zero-order valence-corrected chi connectivity index (χ0v) is 8.33. The van der Waals surface area contributed by atoms with Crippen molar-refractivity contribution in [2.24, 2.45) is 5.92 Å². The molecule has 1 saturated heterocycles. The molecule has 1 heterocycles. The molecule has 0 spiro atoms. The Bertz CT molecular complexity index is 241. The number of carboxylic acid groups (broad SMARTS) is 1. The first kappa shape index (κ1) is 10.3. The average molecular weight is 184 g/mol. The fourth-order valence-corrected chi connectivity index (χ4v) is 1.52. The topological polar surface area (TPSA) is 46.5 Å². The number of aliphatic carboxylic acids is 1. The SMILES string of the molecule is CCC1COC1C(C)=C(C)C(=O)O. The Labute approximate surface area is 78.4 Å². The van der Waals surface area contributed by atoms with Crippen molar-refractivity contribution < 1.29 is 14.6 Å². The highest BCUT2D eigenvalue weighted by molar-refractivity contribution is 5.86. The van der Waals surface area contributed by atoms with Crippen LogP contribution in [0.2, 0.25) is 0 Å². The van der Waals surface area contributed by atoms with Crippen LogP contribution in [0.25, 0.3) is 0 Å². The molecule has 0 bridgehead atoms. The lowest BCUT2D eigenvalue weighted by molar-refractivity contribution is -0.133. The second-order valence-electron chi connectivity index (χ2n) is 3.54. The highest BCUT2D eigenvalue weighted by Gasteiger charge is 2.33. The summed E-state index contributed by atoms with van der Waals surface area (Å²) in [6, 6.07) is 0. The van der Waals surface area contributed by atoms with Gasteiger partial charge in [-0.2, -0.15) is 0 Å². The van der Waals surface area contributed by atoms with E-state index >= 15 is 0 Å². The van der Waals surface area contributed by atoms with Crippen molar-refractivity contribution >= 4 is 5.97 Å². The summed E-state index contributed by atoms with van der Waals surface area (Å²) in [6.07, 6.45) is 1.09. The Morgan fingerprint density at radius 2 is 2.15 bits per heavy atom. The van der Waals surface area contributed by atoms with Gasteiger partial charge in [0.2, 0.25) is 0 Å². The minimum absolute atomic E-state index is 0.0427. The van der Waals surface area contributed by atoms with Crippen LogP contribution in [0.4, 0.5) is 0 Å². The summed E-state index contributed by atoms with van der Waals surface area (Å²) in [5.74, 6) is -0.336. The Hall–Kier alpha value is -0.830. The van der Waals surface area contributed by atoms with Crippen LogP contribution >= 0.6 is 0 Å². The lowest BCUT2D eigenvalue weighted by atomic mass is 9.88. The maximum absolute atomic E-state index is 10.7. The van der Waals surface area contributed by atoms with Gasteiger partial charge in [0.25, 0.3) is 0 Å². The normalized spacial score (nSPS) is 29.2. The summed E-state index contributed by atoms with van der Waals surface area (Å²) in [6.45, 7) is 6.34. The molecule has 0 amide bonds. The lowest BCUT2D eigenvalue weighted by Gasteiger charge is -2.37. The van der Waals surface area contributed by atoms with E-state index in [0.29, 0.717) is 11.5 Å². The van der Waals surface area contributed by atoms with E-state index in [9.17, 15) is 4.79 Å². The predicted molar refractivity (Wildman–Crippen MR) is 49.5 cm³/mol. The molecule has 1 aliphatic heterocycles. The van der Waals surface area contributed by atoms with Gasteiger partial charge in [0, 0.05) is 11.5 Å². The molecule has 1 rings (SSSR count). The van der Waals surface area contributed by atoms with Crippen LogP contribution in [0.5, 0.6) is 0 Å². The maximum Gasteiger partial charge on any atom is 0.331 e. The molecule has 0 aromatic carbocycles. The van der Waals surface area contributed by atoms with Crippen LogP contribution in [0.15, 0.2) is 11.1 Å². The first-order valence-corrected chi connectivity index (χ1v) is 4.60. The summed E-state index contributed by atoms with van der Waals surface area (Å²) in [4.78, 5) is 10.7. The fraction of sp³-hybridized carbons (Fsp3) is 0.700. The van der Waals surface area contributed by atoms with E-state index in [1.54, 1.807) is 6.92 Å². The van der Waals surface area contributed by atoms with E-state index in [-0.39, 0.29) is 6.10 Å². The molecule has 1 fully saturated rings. The molecule has 3 nitrogen and oxygen atoms in total. The third-order valence-electron chi connectivity index (χ3n) is 2.78. The Balaban J connectivity index is 2.72. The number of carboxylic acids is 1. The molecule has 0 aliphatic carbocycles. The fourth-order valence-electron chi connectivity index (χ4n) is 1.52. The van der Waals surface area contributed by atoms with E-state index in [2.05, 4.69) is 6.92 Å². The van der Waals surface area contributed by atoms with Gasteiger partial charge in [0.15, 0.2) is 0 Å². The Kier molecular flexibility index (Phi) is 3.09. The molecule has 0 aromatic heterocycles. The smallest absolute Gasteiger partial charge is 0.331 e. The largest absolute Gasteiger partial charge is 0.478 e. The summed E-state index contributed by atoms with van der Waals surface area (Å²) >= 11 is 0. The van der Waals surface area contributed by atoms with E-state index in [4.69, 9.17) is 9.84 Å². The van der Waals surface area contributed by atoms with Crippen molar-refractivity contribution in [3.63, 3.8) is 0 Å². The number of carbonyl (C=O) groups is 1. The molecule has 0 saturated carbocycles. The van der Waals surface area contributed by atoms with Gasteiger partial charge in [0.05, 0.1) is 12.7 Å². The molecule has 0 aromatic rings. The number of ether oxygens (including phenoxy) is 1. The first-order chi connectivity index (χ1) is 6.07. The minimum atomic E-state index is -0.845. The van der Waals surface area contributed by atoms with Crippen LogP contribution in [0, 0.1) is 5.92 Å². The lowest BCUT2D eigenvalue weighted by Crippen LogP contribution is -2.40. The number of rotatable bonds is 3. The molecule has 13 heavy (non-hydrogen) atoms. The van der Waals surface area contributed by atoms with Gasteiger partial charge < -0.3 is 9.84 Å². The predicted octanol–water partition coefficient (Wildman–Crippen LogP) is 1.83. The maximum atomic E-state index is 10.7. The van der Waals surface area contributed by atoms with Crippen molar-refractivity contribution in [2.75, 3.05) is 6.61 Å². The quantitative estimate of drug-likeness (QED) is 0.681. The summed E-state index contributed by atoms with van der Waals surface area (Å²) in [7, 11) is 0. The highest BCUT2D eigenvalue weighted by atomic mass is 16.5. The van der Waals surface area contributed by atoms with Crippen molar-refractivity contribution in [2.45, 2.75) is 33.3 Å². The minimum Gasteiger partial charge on any atom is -0.478 e. The number of hydrogen-bond donors (Lipinski definition) is 1. The van der Waals surface area contributed by atoms with Crippen LogP contribution in [0.1, 0.15) is 27.2 Å². The van der Waals surface area contributed by atoms with Crippen molar-refractivity contribution in [3.05, 3.63) is 11.1 Å². The molecule has 74 valence electrons. The summed E-state index contributed by atoms with van der Waals surface area (Å²) < 4.78 is 5.35. The highest BCUT2D eigenvalue weighted by Crippen LogP contribution is 2.30. The van der Waals surface area contributed by atoms with Gasteiger partial charge in [-0.15, -0.1) is 0 Å². The average Bonchev–Trinajstić information content (AvgIpc) is 2.01.